The van der Waals surface area contributed by atoms with Crippen LogP contribution in [0.2, 0.25) is 0 Å². The number of aliphatic hydroxyl groups is 1. The molecule has 1 saturated heterocycles. The number of nitrogens with one attached hydrogen (secondary N) is 6. The largest absolute Gasteiger partial charge is 0.478 e. The zero-order chi connectivity index (χ0) is 81.8. The highest BCUT2D eigenvalue weighted by Gasteiger charge is 2.44. The van der Waals surface area contributed by atoms with E-state index in [1.54, 1.807) is 123 Å². The minimum Gasteiger partial charge on any atom is -0.478 e. The number of likely N-dealkylation sites (N-methyl/N-ethyl adjacent to an activating group) is 2. The number of rotatable bonds is 36. The summed E-state index contributed by atoms with van der Waals surface area (Å²) in [5.74, 6) is -6.75. The lowest BCUT2D eigenvalue weighted by Crippen LogP contribution is -2.58. The van der Waals surface area contributed by atoms with E-state index in [2.05, 4.69) is 37.1 Å². The number of primary amides is 1. The number of methoxy groups -OCH3 is 1. The van der Waals surface area contributed by atoms with E-state index in [9.17, 15) is 63.0 Å². The number of nitrogens with two attached hydrogens (primary N) is 1. The van der Waals surface area contributed by atoms with Gasteiger partial charge < -0.3 is 72.0 Å². The molecule has 112 heavy (non-hydrogen) atoms. The van der Waals surface area contributed by atoms with Crippen molar-refractivity contribution in [2.24, 2.45) is 45.7 Å². The summed E-state index contributed by atoms with van der Waals surface area (Å²) in [5.41, 5.74) is 10.5. The molecule has 0 aromatic heterocycles. The summed E-state index contributed by atoms with van der Waals surface area (Å²) in [5, 5.41) is 48.3. The molecule has 11 amide bonds. The molecule has 1 fully saturated rings. The first kappa shape index (κ1) is 86.8. The molecule has 0 aliphatic carbocycles. The van der Waals surface area contributed by atoms with E-state index >= 15 is 0 Å². The Morgan fingerprint density at radius 1 is 0.670 bits per heavy atom. The summed E-state index contributed by atoms with van der Waals surface area (Å²) in [4.78, 5) is 157. The summed E-state index contributed by atoms with van der Waals surface area (Å²) in [7, 11) is 4.65. The summed E-state index contributed by atoms with van der Waals surface area (Å²) >= 11 is 0. The fourth-order valence-corrected chi connectivity index (χ4v) is 15.0. The predicted octanol–water partition coefficient (Wildman–Crippen LogP) is 9.66. The average molecular weight is 1550 g/mol. The second-order valence-corrected chi connectivity index (χ2v) is 30.5. The third kappa shape index (κ3) is 22.1. The molecule has 0 spiro atoms. The molecule has 604 valence electrons. The van der Waals surface area contributed by atoms with Crippen LogP contribution in [0.15, 0.2) is 138 Å². The number of carboxylic acids is 1. The van der Waals surface area contributed by atoms with Crippen LogP contribution in [0.3, 0.4) is 0 Å². The van der Waals surface area contributed by atoms with Gasteiger partial charge in [0.05, 0.1) is 48.0 Å². The van der Waals surface area contributed by atoms with Crippen LogP contribution in [0.4, 0.5) is 26.7 Å². The van der Waals surface area contributed by atoms with E-state index in [0.29, 0.717) is 66.0 Å². The Morgan fingerprint density at radius 3 is 1.96 bits per heavy atom. The molecular formula is C83H112N14O15. The highest BCUT2D eigenvalue weighted by molar-refractivity contribution is 6.00. The maximum absolute atomic E-state index is 14.7. The van der Waals surface area contributed by atoms with Gasteiger partial charge in [-0.2, -0.15) is 5.11 Å². The van der Waals surface area contributed by atoms with E-state index in [0.717, 1.165) is 11.1 Å². The Labute approximate surface area is 655 Å². The smallest absolute Gasteiger partial charge is 0.410 e. The molecular weight excluding hydrogens is 1430 g/mol. The maximum Gasteiger partial charge on any atom is 0.410 e. The van der Waals surface area contributed by atoms with Gasteiger partial charge in [0.2, 0.25) is 47.3 Å². The normalized spacial score (nSPS) is 17.8. The van der Waals surface area contributed by atoms with Crippen molar-refractivity contribution in [3.05, 3.63) is 161 Å². The molecule has 29 heteroatoms. The topological polar surface area (TPSA) is 386 Å². The number of para-hydroxylation sites is 1. The molecule has 13 atom stereocenters. The first-order valence-corrected chi connectivity index (χ1v) is 38.7. The Bertz CT molecular complexity index is 4130. The van der Waals surface area contributed by atoms with Crippen molar-refractivity contribution >= 4 is 82.4 Å². The third-order valence-corrected chi connectivity index (χ3v) is 21.6. The number of hydrogen-bond acceptors (Lipinski definition) is 17. The quantitative estimate of drug-likeness (QED) is 0.0168. The van der Waals surface area contributed by atoms with Crippen molar-refractivity contribution in [2.45, 2.75) is 207 Å². The number of urea groups is 1. The van der Waals surface area contributed by atoms with Crippen molar-refractivity contribution in [2.75, 3.05) is 49.5 Å². The number of carbonyl (C=O) groups is 11. The van der Waals surface area contributed by atoms with E-state index in [1.807, 2.05) is 88.4 Å². The number of nitrogens with zero attached hydrogens (tertiary/aromatic N) is 7. The highest BCUT2D eigenvalue weighted by Crippen LogP contribution is 2.50. The fourth-order valence-electron chi connectivity index (χ4n) is 15.0. The zero-order valence-electron chi connectivity index (χ0n) is 66.5. The standard InChI is InChI=1S/C83H112N14O15/c1-14-51(8)63(40-42-67(99)95-45-23-31-65(95)75(111-13)52(9)76(102)86-53(10)74(101)55-24-16-15-17-25-55)93(11)80(106)70(49(4)5)90-79(105)72(50(6)7)94(12)83(110)112-47-54-32-36-58(37-33-54)87-77(103)62(29-22-44-85-82(84)109)88-78(104)69(48(2)3)89-66(98)41-43-68(100)96-46-57-26-18-19-27-60(57)73-71(61-28-20-21-30-64(61)96)91-92-97(73)59-38-34-56(35-39-59)81(107)108/h15-21,24-28,30,32-39,48-53,62-63,65,69-75,101H,14,22-23,29,31,40-47H2,1-13H3,(H,86,102)(H,87,103)(H,88,104)(H,89,98)(H,90,105)(H,107,108)(H3,84,85,109)/t51-,52+,53+,62-,63?,65?,69-,70?,71?,72-,73?,74+,75?/m0/s1. The molecule has 3 aliphatic heterocycles. The number of fused-ring (bicyclic) bond motifs is 5. The maximum atomic E-state index is 14.7. The van der Waals surface area contributed by atoms with E-state index in [1.165, 1.54) is 31.2 Å². The van der Waals surface area contributed by atoms with Crippen LogP contribution < -0.4 is 47.5 Å². The van der Waals surface area contributed by atoms with Crippen LogP contribution in [0.5, 0.6) is 0 Å². The zero-order valence-corrected chi connectivity index (χ0v) is 66.5. The van der Waals surface area contributed by atoms with Crippen molar-refractivity contribution < 1.29 is 72.4 Å². The summed E-state index contributed by atoms with van der Waals surface area (Å²) in [6.07, 6.45) is -0.217. The van der Waals surface area contributed by atoms with Gasteiger partial charge in [-0.25, -0.2) is 19.4 Å². The van der Waals surface area contributed by atoms with E-state index < -0.39 is 126 Å². The van der Waals surface area contributed by atoms with Gasteiger partial charge in [-0.3, -0.25) is 43.3 Å². The number of aromatic carboxylic acids is 1. The molecule has 5 aromatic carbocycles. The van der Waals surface area contributed by atoms with E-state index in [4.69, 9.17) is 20.3 Å². The summed E-state index contributed by atoms with van der Waals surface area (Å²) in [6.45, 7) is 18.6. The molecule has 8 rings (SSSR count). The molecule has 29 nitrogen and oxygen atoms in total. The Balaban J connectivity index is 0.839. The molecule has 3 heterocycles. The number of carboxylic acid groups (broad SMARTS) is 1. The van der Waals surface area contributed by atoms with Gasteiger partial charge in [0.25, 0.3) is 0 Å². The molecule has 5 aromatic rings. The first-order chi connectivity index (χ1) is 53.3. The number of hydrogen-bond donors (Lipinski definition) is 9. The lowest BCUT2D eigenvalue weighted by atomic mass is 9.87. The Kier molecular flexibility index (Phi) is 31.3. The second kappa shape index (κ2) is 40.4. The van der Waals surface area contributed by atoms with Crippen LogP contribution >= 0.6 is 0 Å². The van der Waals surface area contributed by atoms with Gasteiger partial charge in [-0.15, -0.1) is 0 Å². The summed E-state index contributed by atoms with van der Waals surface area (Å²) in [6, 6.07) is 29.1. The number of aliphatic hydroxyl groups excluding tert-OH is 1. The number of benzene rings is 5. The van der Waals surface area contributed by atoms with Gasteiger partial charge in [0, 0.05) is 76.5 Å². The van der Waals surface area contributed by atoms with Gasteiger partial charge in [0.1, 0.15) is 42.9 Å². The fraction of sp³-hybridized carbons (Fsp3) is 0.506. The van der Waals surface area contributed by atoms with Gasteiger partial charge in [-0.1, -0.05) is 159 Å². The molecule has 3 aliphatic rings. The molecule has 10 N–H and O–H groups in total. The SMILES string of the molecule is CC[C@H](C)C(CCC(=O)N1CCCC1C(OC)[C@@H](C)C(=O)N[C@H](C)[C@@H](O)c1ccccc1)N(C)C(=O)C(NC(=O)[C@H](C(C)C)N(C)C(=O)OCc1ccc(NC(=O)[C@H](CCCNC(N)=O)NC(=O)[C@@H](NC(=O)CCC(=O)N2Cc3ccccc3C3C(N=NN3c3ccc(C(=O)O)cc3)c3ccccc32)C(C)C)cc1)C(C)C. The minimum atomic E-state index is -1.19. The molecule has 6 unspecified atom stereocenters. The van der Waals surface area contributed by atoms with Gasteiger partial charge in [-0.05, 0) is 127 Å². The highest BCUT2D eigenvalue weighted by atomic mass is 16.6. The number of carbonyl (C=O) groups excluding carboxylic acids is 10. The Hall–Kier alpha value is -10.8. The van der Waals surface area contributed by atoms with Crippen LogP contribution in [-0.4, -0.2) is 173 Å². The van der Waals surface area contributed by atoms with Crippen LogP contribution in [0.1, 0.15) is 183 Å². The van der Waals surface area contributed by atoms with Crippen molar-refractivity contribution in [1.29, 1.82) is 0 Å². The molecule has 0 saturated carbocycles. The van der Waals surface area contributed by atoms with Crippen LogP contribution in [0, 0.1) is 29.6 Å². The third-order valence-electron chi connectivity index (χ3n) is 21.6. The average Bonchev–Trinajstić information content (AvgIpc) is 1.50. The first-order valence-electron chi connectivity index (χ1n) is 38.7. The second-order valence-electron chi connectivity index (χ2n) is 30.5. The van der Waals surface area contributed by atoms with Crippen molar-refractivity contribution in [1.82, 2.24) is 41.3 Å². The van der Waals surface area contributed by atoms with Crippen LogP contribution in [-0.2, 0) is 61.0 Å². The predicted molar refractivity (Wildman–Crippen MR) is 422 cm³/mol. The molecule has 0 bridgehead atoms. The monoisotopic (exact) mass is 1540 g/mol. The Morgan fingerprint density at radius 2 is 1.32 bits per heavy atom. The molecule has 0 radical (unpaired) electrons. The van der Waals surface area contributed by atoms with Gasteiger partial charge in [0.15, 0.2) is 0 Å². The minimum absolute atomic E-state index is 0.0320. The lowest BCUT2D eigenvalue weighted by Gasteiger charge is -2.38. The number of anilines is 3. The lowest BCUT2D eigenvalue weighted by molar-refractivity contribution is -0.142. The van der Waals surface area contributed by atoms with Gasteiger partial charge >= 0.3 is 18.1 Å². The van der Waals surface area contributed by atoms with Crippen molar-refractivity contribution in [3.63, 3.8) is 0 Å². The van der Waals surface area contributed by atoms with E-state index in [-0.39, 0.29) is 93.0 Å². The van der Waals surface area contributed by atoms with Crippen LogP contribution in [0.25, 0.3) is 0 Å². The van der Waals surface area contributed by atoms with Crippen molar-refractivity contribution in [3.8, 4) is 0 Å². The summed E-state index contributed by atoms with van der Waals surface area (Å²) < 4.78 is 11.7. The number of likely N-dealkylation sites (tertiary alicyclic amines) is 1. The number of ether oxygens (including phenoxy) is 2. The number of amides is 11.